The van der Waals surface area contributed by atoms with Crippen LogP contribution in [0.15, 0.2) is 66.0 Å². The molecule has 0 amide bonds. The molecule has 0 bridgehead atoms. The Morgan fingerprint density at radius 2 is 1.68 bits per heavy atom. The first-order chi connectivity index (χ1) is 12.2. The van der Waals surface area contributed by atoms with E-state index in [4.69, 9.17) is 4.98 Å². The van der Waals surface area contributed by atoms with Crippen molar-refractivity contribution in [3.8, 4) is 11.3 Å². The van der Waals surface area contributed by atoms with E-state index < -0.39 is 0 Å². The molecule has 0 radical (unpaired) electrons. The van der Waals surface area contributed by atoms with Gasteiger partial charge in [0.1, 0.15) is 0 Å². The van der Waals surface area contributed by atoms with E-state index in [1.54, 1.807) is 11.3 Å². The molecule has 0 fully saturated rings. The molecule has 0 unspecified atom stereocenters. The van der Waals surface area contributed by atoms with Crippen molar-refractivity contribution in [2.45, 2.75) is 13.8 Å². The first-order valence-corrected chi connectivity index (χ1v) is 9.36. The van der Waals surface area contributed by atoms with Crippen molar-refractivity contribution in [3.63, 3.8) is 0 Å². The summed E-state index contributed by atoms with van der Waals surface area (Å²) in [6, 6.07) is 21.8. The Bertz CT molecular complexity index is 1260. The maximum Gasteiger partial charge on any atom is 0.0796 e. The molecule has 2 aromatic heterocycles. The monoisotopic (exact) mass is 339 g/mol. The fraction of sp³-hybridized carbons (Fsp3) is 0.0870. The molecule has 0 aliphatic rings. The van der Waals surface area contributed by atoms with Gasteiger partial charge in [0.15, 0.2) is 0 Å². The van der Waals surface area contributed by atoms with Crippen LogP contribution in [0.2, 0.25) is 0 Å². The van der Waals surface area contributed by atoms with Gasteiger partial charge in [-0.15, -0.1) is 11.3 Å². The molecule has 0 aliphatic carbocycles. The molecule has 2 heterocycles. The molecule has 0 N–H and O–H groups in total. The van der Waals surface area contributed by atoms with Gasteiger partial charge >= 0.3 is 0 Å². The van der Waals surface area contributed by atoms with Crippen molar-refractivity contribution in [2.24, 2.45) is 0 Å². The van der Waals surface area contributed by atoms with E-state index >= 15 is 0 Å². The Hall–Kier alpha value is -2.71. The van der Waals surface area contributed by atoms with Crippen LogP contribution in [0.5, 0.6) is 0 Å². The normalized spacial score (nSPS) is 11.6. The third-order valence-corrected chi connectivity index (χ3v) is 5.84. The molecule has 1 nitrogen and oxygen atoms in total. The van der Waals surface area contributed by atoms with Gasteiger partial charge in [0, 0.05) is 21.0 Å². The summed E-state index contributed by atoms with van der Waals surface area (Å²) in [6.45, 7) is 4.34. The number of benzene rings is 3. The summed E-state index contributed by atoms with van der Waals surface area (Å²) in [5, 5.41) is 7.25. The summed E-state index contributed by atoms with van der Waals surface area (Å²) in [5.41, 5.74) is 5.94. The second kappa shape index (κ2) is 5.40. The van der Waals surface area contributed by atoms with Crippen molar-refractivity contribution in [1.82, 2.24) is 4.98 Å². The zero-order chi connectivity index (χ0) is 17.0. The highest BCUT2D eigenvalue weighted by molar-refractivity contribution is 7.18. The van der Waals surface area contributed by atoms with E-state index in [0.29, 0.717) is 0 Å². The Morgan fingerprint density at radius 1 is 0.800 bits per heavy atom. The van der Waals surface area contributed by atoms with Crippen LogP contribution in [0.3, 0.4) is 0 Å². The molecule has 2 heteroatoms. The molecule has 0 aliphatic heterocycles. The molecule has 5 rings (SSSR count). The van der Waals surface area contributed by atoms with Crippen molar-refractivity contribution in [2.75, 3.05) is 0 Å². The Morgan fingerprint density at radius 3 is 2.60 bits per heavy atom. The third kappa shape index (κ3) is 2.25. The highest BCUT2D eigenvalue weighted by Crippen LogP contribution is 2.37. The Balaban J connectivity index is 1.87. The number of aromatic nitrogens is 1. The average molecular weight is 339 g/mol. The number of pyridine rings is 1. The zero-order valence-electron chi connectivity index (χ0n) is 14.2. The minimum absolute atomic E-state index is 1.06. The molecule has 0 saturated carbocycles. The molecular weight excluding hydrogens is 322 g/mol. The third-order valence-electron chi connectivity index (χ3n) is 4.89. The minimum atomic E-state index is 1.06. The average Bonchev–Trinajstić information content (AvgIpc) is 3.11. The van der Waals surface area contributed by atoms with Gasteiger partial charge in [-0.2, -0.15) is 0 Å². The fourth-order valence-electron chi connectivity index (χ4n) is 3.66. The van der Waals surface area contributed by atoms with Gasteiger partial charge in [0.25, 0.3) is 0 Å². The molecule has 120 valence electrons. The highest BCUT2D eigenvalue weighted by atomic mass is 32.1. The van der Waals surface area contributed by atoms with E-state index in [1.165, 1.54) is 42.9 Å². The fourth-order valence-corrected chi connectivity index (χ4v) is 4.59. The van der Waals surface area contributed by atoms with Crippen LogP contribution in [0, 0.1) is 13.8 Å². The molecule has 3 aromatic carbocycles. The smallest absolute Gasteiger partial charge is 0.0796 e. The van der Waals surface area contributed by atoms with Gasteiger partial charge in [-0.05, 0) is 59.8 Å². The summed E-state index contributed by atoms with van der Waals surface area (Å²) >= 11 is 1.80. The van der Waals surface area contributed by atoms with Crippen LogP contribution in [0.1, 0.15) is 11.1 Å². The number of hydrogen-bond donors (Lipinski definition) is 0. The highest BCUT2D eigenvalue weighted by Gasteiger charge is 2.12. The number of aryl methyl sites for hydroxylation is 2. The van der Waals surface area contributed by atoms with Crippen LogP contribution in [0.4, 0.5) is 0 Å². The summed E-state index contributed by atoms with van der Waals surface area (Å²) < 4.78 is 1.32. The molecule has 0 spiro atoms. The topological polar surface area (TPSA) is 12.9 Å². The van der Waals surface area contributed by atoms with E-state index in [0.717, 1.165) is 11.2 Å². The largest absolute Gasteiger partial charge is 0.247 e. The second-order valence-electron chi connectivity index (χ2n) is 6.66. The maximum atomic E-state index is 5.02. The minimum Gasteiger partial charge on any atom is -0.247 e. The predicted molar refractivity (Wildman–Crippen MR) is 110 cm³/mol. The maximum absolute atomic E-state index is 5.02. The van der Waals surface area contributed by atoms with E-state index in [2.05, 4.69) is 79.9 Å². The lowest BCUT2D eigenvalue weighted by Gasteiger charge is -2.10. The number of nitrogens with zero attached hydrogens (tertiary/aromatic N) is 1. The lowest BCUT2D eigenvalue weighted by atomic mass is 9.97. The first-order valence-electron chi connectivity index (χ1n) is 8.48. The van der Waals surface area contributed by atoms with Crippen LogP contribution in [-0.2, 0) is 0 Å². The van der Waals surface area contributed by atoms with Crippen molar-refractivity contribution in [1.29, 1.82) is 0 Å². The number of thiophene rings is 1. The van der Waals surface area contributed by atoms with E-state index in [-0.39, 0.29) is 0 Å². The molecule has 0 saturated heterocycles. The van der Waals surface area contributed by atoms with Crippen LogP contribution < -0.4 is 0 Å². The quantitative estimate of drug-likeness (QED) is 0.324. The van der Waals surface area contributed by atoms with Crippen LogP contribution in [0.25, 0.3) is 43.0 Å². The second-order valence-corrected chi connectivity index (χ2v) is 7.57. The Labute approximate surface area is 150 Å². The number of rotatable bonds is 1. The number of fused-ring (bicyclic) bond motifs is 4. The van der Waals surface area contributed by atoms with E-state index in [1.807, 2.05) is 0 Å². The summed E-state index contributed by atoms with van der Waals surface area (Å²) in [4.78, 5) is 5.02. The lowest BCUT2D eigenvalue weighted by Crippen LogP contribution is -1.89. The Kier molecular flexibility index (Phi) is 3.16. The van der Waals surface area contributed by atoms with E-state index in [9.17, 15) is 0 Å². The van der Waals surface area contributed by atoms with Gasteiger partial charge in [-0.3, -0.25) is 0 Å². The molecule has 0 atom stereocenters. The number of hydrogen-bond acceptors (Lipinski definition) is 2. The summed E-state index contributed by atoms with van der Waals surface area (Å²) in [6.07, 6.45) is 0. The number of para-hydroxylation sites is 1. The van der Waals surface area contributed by atoms with Gasteiger partial charge in [-0.25, -0.2) is 4.98 Å². The van der Waals surface area contributed by atoms with Crippen LogP contribution >= 0.6 is 11.3 Å². The van der Waals surface area contributed by atoms with Crippen LogP contribution in [-0.4, -0.2) is 4.98 Å². The lowest BCUT2D eigenvalue weighted by molar-refractivity contribution is 1.42. The predicted octanol–water partition coefficient (Wildman–Crippen LogP) is 6.89. The molecule has 5 aromatic rings. The molecular formula is C23H17NS. The molecule has 25 heavy (non-hydrogen) atoms. The van der Waals surface area contributed by atoms with Gasteiger partial charge in [-0.1, -0.05) is 42.0 Å². The summed E-state index contributed by atoms with van der Waals surface area (Å²) in [7, 11) is 0. The van der Waals surface area contributed by atoms with Crippen molar-refractivity contribution in [3.05, 3.63) is 77.2 Å². The SMILES string of the molecule is Cc1ccc2cc(-c3nc4ccccc4c4sccc34)cc(C)c2c1. The standard InChI is InChI=1S/C23H17NS/c1-14-7-8-16-13-17(12-15(2)20(16)11-14)22-19-9-10-25-23(19)18-5-3-4-6-21(18)24-22/h3-13H,1-2H3. The van der Waals surface area contributed by atoms with Crippen molar-refractivity contribution >= 4 is 43.1 Å². The van der Waals surface area contributed by atoms with Gasteiger partial charge in [0.2, 0.25) is 0 Å². The van der Waals surface area contributed by atoms with Gasteiger partial charge in [0.05, 0.1) is 11.2 Å². The zero-order valence-corrected chi connectivity index (χ0v) is 15.0. The summed E-state index contributed by atoms with van der Waals surface area (Å²) in [5.74, 6) is 0. The van der Waals surface area contributed by atoms with Gasteiger partial charge < -0.3 is 0 Å². The first kappa shape index (κ1) is 14.6. The van der Waals surface area contributed by atoms with Crippen molar-refractivity contribution < 1.29 is 0 Å².